The first kappa shape index (κ1) is 23.2. The van der Waals surface area contributed by atoms with E-state index in [1.165, 1.54) is 23.9 Å². The van der Waals surface area contributed by atoms with Gasteiger partial charge in [0.25, 0.3) is 5.56 Å². The highest BCUT2D eigenvalue weighted by Crippen LogP contribution is 2.22. The minimum atomic E-state index is -0.257. The zero-order valence-corrected chi connectivity index (χ0v) is 19.6. The number of thioether (sulfide) groups is 1. The summed E-state index contributed by atoms with van der Waals surface area (Å²) in [7, 11) is 0. The van der Waals surface area contributed by atoms with E-state index in [-0.39, 0.29) is 23.0 Å². The van der Waals surface area contributed by atoms with E-state index in [4.69, 9.17) is 0 Å². The van der Waals surface area contributed by atoms with Crippen LogP contribution in [0.4, 0.5) is 10.1 Å². The van der Waals surface area contributed by atoms with Gasteiger partial charge in [-0.3, -0.25) is 14.5 Å². The summed E-state index contributed by atoms with van der Waals surface area (Å²) in [5.41, 5.74) is 4.26. The van der Waals surface area contributed by atoms with Crippen LogP contribution in [0, 0.1) is 12.7 Å². The van der Waals surface area contributed by atoms with Crippen molar-refractivity contribution in [2.75, 3.05) is 23.7 Å². The third kappa shape index (κ3) is 5.69. The van der Waals surface area contributed by atoms with Crippen molar-refractivity contribution in [3.8, 4) is 0 Å². The molecule has 0 aliphatic carbocycles. The molecule has 6 nitrogen and oxygen atoms in total. The molecule has 8 heteroatoms. The van der Waals surface area contributed by atoms with E-state index in [0.29, 0.717) is 36.8 Å². The maximum atomic E-state index is 13.1. The van der Waals surface area contributed by atoms with Crippen molar-refractivity contribution in [1.82, 2.24) is 14.9 Å². The SMILES string of the molecule is CCN(C(=O)CSc1nc2c(c(=O)[nH]1)CN(Cc1ccc(F)cc1)CC2)c1cccc(C)c1. The van der Waals surface area contributed by atoms with Crippen LogP contribution in [0.15, 0.2) is 58.5 Å². The smallest absolute Gasteiger partial charge is 0.256 e. The second kappa shape index (κ2) is 10.3. The Balaban J connectivity index is 1.40. The first-order valence-corrected chi connectivity index (χ1v) is 12.0. The van der Waals surface area contributed by atoms with Crippen LogP contribution in [0.2, 0.25) is 0 Å². The van der Waals surface area contributed by atoms with E-state index in [9.17, 15) is 14.0 Å². The van der Waals surface area contributed by atoms with E-state index in [0.717, 1.165) is 29.1 Å². The molecule has 0 unspecified atom stereocenters. The monoisotopic (exact) mass is 466 g/mol. The molecular formula is C25H27FN4O2S. The molecule has 2 aromatic carbocycles. The number of carbonyl (C=O) groups excluding carboxylic acids is 1. The van der Waals surface area contributed by atoms with Gasteiger partial charge in [0.15, 0.2) is 5.16 Å². The van der Waals surface area contributed by atoms with Gasteiger partial charge in [0.1, 0.15) is 5.82 Å². The lowest BCUT2D eigenvalue weighted by atomic mass is 10.1. The number of carbonyl (C=O) groups is 1. The molecule has 0 saturated carbocycles. The number of aromatic amines is 1. The van der Waals surface area contributed by atoms with E-state index in [1.807, 2.05) is 38.1 Å². The summed E-state index contributed by atoms with van der Waals surface area (Å²) in [6.07, 6.45) is 0.659. The van der Waals surface area contributed by atoms with Gasteiger partial charge < -0.3 is 9.88 Å². The minimum absolute atomic E-state index is 0.0288. The number of hydrogen-bond donors (Lipinski definition) is 1. The van der Waals surface area contributed by atoms with Gasteiger partial charge in [-0.05, 0) is 49.2 Å². The maximum Gasteiger partial charge on any atom is 0.256 e. The lowest BCUT2D eigenvalue weighted by molar-refractivity contribution is -0.116. The second-order valence-corrected chi connectivity index (χ2v) is 9.11. The molecule has 0 fully saturated rings. The fourth-order valence-corrected chi connectivity index (χ4v) is 4.77. The van der Waals surface area contributed by atoms with Crippen molar-refractivity contribution in [2.45, 2.75) is 38.5 Å². The van der Waals surface area contributed by atoms with Crippen LogP contribution in [0.5, 0.6) is 0 Å². The molecule has 0 radical (unpaired) electrons. The second-order valence-electron chi connectivity index (χ2n) is 8.15. The van der Waals surface area contributed by atoms with Crippen molar-refractivity contribution in [3.05, 3.63) is 87.1 Å². The number of halogens is 1. The third-order valence-corrected chi connectivity index (χ3v) is 6.57. The van der Waals surface area contributed by atoms with Gasteiger partial charge in [-0.1, -0.05) is 36.0 Å². The summed E-state index contributed by atoms with van der Waals surface area (Å²) >= 11 is 1.26. The number of hydrogen-bond acceptors (Lipinski definition) is 5. The predicted octanol–water partition coefficient (Wildman–Crippen LogP) is 3.92. The molecular weight excluding hydrogens is 439 g/mol. The molecule has 0 spiro atoms. The van der Waals surface area contributed by atoms with Crippen molar-refractivity contribution >= 4 is 23.4 Å². The highest BCUT2D eigenvalue weighted by atomic mass is 32.2. The summed E-state index contributed by atoms with van der Waals surface area (Å²) in [6.45, 7) is 6.42. The summed E-state index contributed by atoms with van der Waals surface area (Å²) < 4.78 is 13.1. The Kier molecular flexibility index (Phi) is 7.25. The fraction of sp³-hybridized carbons (Fsp3) is 0.320. The van der Waals surface area contributed by atoms with Crippen molar-refractivity contribution < 1.29 is 9.18 Å². The molecule has 1 amide bonds. The summed E-state index contributed by atoms with van der Waals surface area (Å²) in [4.78, 5) is 36.9. The van der Waals surface area contributed by atoms with Crippen LogP contribution in [-0.4, -0.2) is 39.6 Å². The zero-order valence-electron chi connectivity index (χ0n) is 18.8. The van der Waals surface area contributed by atoms with Gasteiger partial charge in [0, 0.05) is 38.3 Å². The predicted molar refractivity (Wildman–Crippen MR) is 129 cm³/mol. The van der Waals surface area contributed by atoms with Gasteiger partial charge in [-0.15, -0.1) is 0 Å². The zero-order chi connectivity index (χ0) is 23.4. The Morgan fingerprint density at radius 3 is 2.76 bits per heavy atom. The van der Waals surface area contributed by atoms with Crippen molar-refractivity contribution in [3.63, 3.8) is 0 Å². The summed E-state index contributed by atoms with van der Waals surface area (Å²) in [5.74, 6) is -0.0907. The Labute approximate surface area is 196 Å². The lowest BCUT2D eigenvalue weighted by Gasteiger charge is -2.27. The normalized spacial score (nSPS) is 13.5. The van der Waals surface area contributed by atoms with Crippen LogP contribution in [-0.2, 0) is 24.3 Å². The standard InChI is InChI=1S/C25H27FN4O2S/c1-3-30(20-6-4-5-17(2)13-20)23(31)16-33-25-27-22-11-12-29(15-21(22)24(32)28-25)14-18-7-9-19(26)10-8-18/h4-10,13H,3,11-12,14-16H2,1-2H3,(H,27,28,32). The molecule has 0 atom stereocenters. The Bertz CT molecular complexity index is 1200. The molecule has 33 heavy (non-hydrogen) atoms. The molecule has 4 rings (SSSR count). The van der Waals surface area contributed by atoms with Gasteiger partial charge in [0.2, 0.25) is 5.91 Å². The number of fused-ring (bicyclic) bond motifs is 1. The number of nitrogens with zero attached hydrogens (tertiary/aromatic N) is 3. The molecule has 1 N–H and O–H groups in total. The van der Waals surface area contributed by atoms with Crippen LogP contribution < -0.4 is 10.5 Å². The number of amides is 1. The highest BCUT2D eigenvalue weighted by Gasteiger charge is 2.22. The van der Waals surface area contributed by atoms with Crippen molar-refractivity contribution in [1.29, 1.82) is 0 Å². The average molecular weight is 467 g/mol. The fourth-order valence-electron chi connectivity index (χ4n) is 4.02. The van der Waals surface area contributed by atoms with Crippen LogP contribution in [0.3, 0.4) is 0 Å². The highest BCUT2D eigenvalue weighted by molar-refractivity contribution is 7.99. The van der Waals surface area contributed by atoms with Crippen molar-refractivity contribution in [2.24, 2.45) is 0 Å². The first-order chi connectivity index (χ1) is 15.9. The molecule has 1 aliphatic heterocycles. The van der Waals surface area contributed by atoms with E-state index < -0.39 is 0 Å². The van der Waals surface area contributed by atoms with Gasteiger partial charge in [-0.25, -0.2) is 9.37 Å². The number of benzene rings is 2. The topological polar surface area (TPSA) is 69.3 Å². The Morgan fingerprint density at radius 1 is 1.24 bits per heavy atom. The van der Waals surface area contributed by atoms with E-state index in [2.05, 4.69) is 14.9 Å². The van der Waals surface area contributed by atoms with E-state index in [1.54, 1.807) is 17.0 Å². The Morgan fingerprint density at radius 2 is 2.03 bits per heavy atom. The molecule has 0 saturated heterocycles. The molecule has 1 aliphatic rings. The number of aryl methyl sites for hydroxylation is 1. The summed E-state index contributed by atoms with van der Waals surface area (Å²) in [5, 5.41) is 0.472. The maximum absolute atomic E-state index is 13.1. The lowest BCUT2D eigenvalue weighted by Crippen LogP contribution is -2.35. The van der Waals surface area contributed by atoms with Crippen LogP contribution >= 0.6 is 11.8 Å². The number of aromatic nitrogens is 2. The third-order valence-electron chi connectivity index (χ3n) is 5.71. The summed E-state index contributed by atoms with van der Waals surface area (Å²) in [6, 6.07) is 14.3. The van der Waals surface area contributed by atoms with Gasteiger partial charge >= 0.3 is 0 Å². The van der Waals surface area contributed by atoms with Crippen LogP contribution in [0.25, 0.3) is 0 Å². The van der Waals surface area contributed by atoms with Crippen LogP contribution in [0.1, 0.15) is 29.3 Å². The Hall–Kier alpha value is -2.97. The molecule has 172 valence electrons. The van der Waals surface area contributed by atoms with Gasteiger partial charge in [-0.2, -0.15) is 0 Å². The van der Waals surface area contributed by atoms with E-state index >= 15 is 0 Å². The molecule has 2 heterocycles. The largest absolute Gasteiger partial charge is 0.312 e. The van der Waals surface area contributed by atoms with Gasteiger partial charge in [0.05, 0.1) is 17.0 Å². The molecule has 1 aromatic heterocycles. The number of rotatable bonds is 7. The first-order valence-electron chi connectivity index (χ1n) is 11.0. The number of H-pyrrole nitrogens is 1. The number of nitrogens with one attached hydrogen (secondary N) is 1. The average Bonchev–Trinajstić information content (AvgIpc) is 2.80. The minimum Gasteiger partial charge on any atom is -0.312 e. The quantitative estimate of drug-likeness (QED) is 0.422. The number of anilines is 1. The molecule has 0 bridgehead atoms. The molecule has 3 aromatic rings.